The van der Waals surface area contributed by atoms with Crippen LogP contribution in [0.4, 0.5) is 5.69 Å². The first kappa shape index (κ1) is 40.3. The quantitative estimate of drug-likeness (QED) is 0.121. The third-order valence-corrected chi connectivity index (χ3v) is 13.3. The van der Waals surface area contributed by atoms with Crippen LogP contribution in [0.5, 0.6) is 5.75 Å². The van der Waals surface area contributed by atoms with Crippen LogP contribution < -0.4 is 9.64 Å². The average molecular weight is 849 g/mol. The van der Waals surface area contributed by atoms with Crippen molar-refractivity contribution in [2.24, 2.45) is 14.1 Å². The molecule has 2 aliphatic heterocycles. The molecule has 4 aromatic heterocycles. The van der Waals surface area contributed by atoms with Crippen LogP contribution in [-0.2, 0) is 37.3 Å². The molecule has 14 heteroatoms. The molecule has 1 fully saturated rings. The van der Waals surface area contributed by atoms with E-state index in [1.807, 2.05) is 61.8 Å². The topological polar surface area (TPSA) is 100 Å². The van der Waals surface area contributed by atoms with E-state index in [9.17, 15) is 0 Å². The van der Waals surface area contributed by atoms with Crippen molar-refractivity contribution in [3.8, 4) is 17.1 Å². The molecule has 0 unspecified atom stereocenters. The Morgan fingerprint density at radius 1 is 0.900 bits per heavy atom. The predicted molar refractivity (Wildman–Crippen MR) is 238 cm³/mol. The second-order valence-corrected chi connectivity index (χ2v) is 17.4. The van der Waals surface area contributed by atoms with Gasteiger partial charge in [-0.05, 0) is 107 Å². The molecule has 0 radical (unpaired) electrons. The Balaban J connectivity index is 1.19. The summed E-state index contributed by atoms with van der Waals surface area (Å²) in [6.07, 6.45) is 5.18. The molecule has 0 aliphatic carbocycles. The van der Waals surface area contributed by atoms with Crippen LogP contribution in [0.1, 0.15) is 57.5 Å². The Labute approximate surface area is 360 Å². The van der Waals surface area contributed by atoms with E-state index in [1.54, 1.807) is 11.0 Å². The summed E-state index contributed by atoms with van der Waals surface area (Å²) in [4.78, 5) is 24.7. The second-order valence-electron chi connectivity index (χ2n) is 16.6. The molecular formula is C46H51Cl2N9O3. The van der Waals surface area contributed by atoms with Crippen LogP contribution in [0.3, 0.4) is 0 Å². The highest BCUT2D eigenvalue weighted by Crippen LogP contribution is 2.46. The molecule has 6 heterocycles. The van der Waals surface area contributed by atoms with Gasteiger partial charge in [0.05, 0.1) is 54.3 Å². The molecule has 1 saturated heterocycles. The number of nitrogens with zero attached hydrogens (tertiary/aromatic N) is 9. The molecule has 0 bridgehead atoms. The normalized spacial score (nSPS) is 17.4. The van der Waals surface area contributed by atoms with Crippen molar-refractivity contribution in [2.75, 3.05) is 50.9 Å². The lowest BCUT2D eigenvalue weighted by atomic mass is 9.86. The summed E-state index contributed by atoms with van der Waals surface area (Å²) in [5, 5.41) is 12.9. The number of benzene rings is 3. The Bertz CT molecular complexity index is 2770. The van der Waals surface area contributed by atoms with Gasteiger partial charge in [0.25, 0.3) is 5.91 Å². The van der Waals surface area contributed by atoms with Gasteiger partial charge in [0.15, 0.2) is 5.82 Å². The molecule has 3 aromatic carbocycles. The number of morpholine rings is 1. The molecule has 2 aliphatic rings. The molecule has 12 nitrogen and oxygen atoms in total. The summed E-state index contributed by atoms with van der Waals surface area (Å²) in [7, 11) is 3.85. The zero-order chi connectivity index (χ0) is 42.0. The van der Waals surface area contributed by atoms with Crippen molar-refractivity contribution < 1.29 is 14.3 Å². The lowest BCUT2D eigenvalue weighted by Gasteiger charge is -2.43. The Morgan fingerprint density at radius 2 is 1.67 bits per heavy atom. The summed E-state index contributed by atoms with van der Waals surface area (Å²) < 4.78 is 20.2. The SMILES string of the molecule is Cc1cc(OCCCc2c3n(c4cc(Cl)ccc24)[C@](C)(c2c(C)nn(C)c2C)CN(c2cn(CCN4CCOCC4)c4ccc(-c5ncn(C)n5)cc24)C3=O)cc(C)c1Cl. The van der Waals surface area contributed by atoms with Gasteiger partial charge in [-0.15, -0.1) is 0 Å². The number of hydrogen-bond acceptors (Lipinski definition) is 7. The number of hydrogen-bond donors (Lipinski definition) is 0. The van der Waals surface area contributed by atoms with Crippen molar-refractivity contribution >= 4 is 56.6 Å². The van der Waals surface area contributed by atoms with Crippen molar-refractivity contribution in [1.29, 1.82) is 0 Å². The van der Waals surface area contributed by atoms with Gasteiger partial charge in [0, 0.05) is 84.1 Å². The first-order chi connectivity index (χ1) is 28.8. The largest absolute Gasteiger partial charge is 0.494 e. The van der Waals surface area contributed by atoms with E-state index in [2.05, 4.69) is 75.4 Å². The summed E-state index contributed by atoms with van der Waals surface area (Å²) >= 11 is 13.3. The van der Waals surface area contributed by atoms with E-state index in [4.69, 9.17) is 37.8 Å². The van der Waals surface area contributed by atoms with Crippen molar-refractivity contribution in [3.63, 3.8) is 0 Å². The monoisotopic (exact) mass is 847 g/mol. The number of carbonyl (C=O) groups is 1. The molecule has 0 spiro atoms. The van der Waals surface area contributed by atoms with Crippen molar-refractivity contribution in [2.45, 2.75) is 59.5 Å². The fourth-order valence-corrected chi connectivity index (χ4v) is 9.90. The summed E-state index contributed by atoms with van der Waals surface area (Å²) in [6, 6.07) is 16.3. The second kappa shape index (κ2) is 15.7. The fraction of sp³-hybridized carbons (Fsp3) is 0.391. The van der Waals surface area contributed by atoms with E-state index in [0.29, 0.717) is 42.5 Å². The average Bonchev–Trinajstić information content (AvgIpc) is 3.98. The first-order valence-electron chi connectivity index (χ1n) is 20.7. The van der Waals surface area contributed by atoms with Crippen LogP contribution in [0, 0.1) is 27.7 Å². The van der Waals surface area contributed by atoms with Gasteiger partial charge < -0.3 is 23.5 Å². The lowest BCUT2D eigenvalue weighted by molar-refractivity contribution is 0.0365. The van der Waals surface area contributed by atoms with Gasteiger partial charge in [-0.2, -0.15) is 10.2 Å². The molecular weight excluding hydrogens is 797 g/mol. The highest BCUT2D eigenvalue weighted by atomic mass is 35.5. The number of aryl methyl sites for hydroxylation is 6. The van der Waals surface area contributed by atoms with Gasteiger partial charge in [-0.25, -0.2) is 4.98 Å². The van der Waals surface area contributed by atoms with Gasteiger partial charge in [0.1, 0.15) is 17.8 Å². The maximum atomic E-state index is 15.7. The maximum Gasteiger partial charge on any atom is 0.275 e. The van der Waals surface area contributed by atoms with E-state index in [1.165, 1.54) is 0 Å². The zero-order valence-electron chi connectivity index (χ0n) is 35.4. The minimum absolute atomic E-state index is 0.0625. The number of halogens is 2. The third-order valence-electron chi connectivity index (χ3n) is 12.5. The number of anilines is 1. The Morgan fingerprint density at radius 3 is 2.37 bits per heavy atom. The smallest absolute Gasteiger partial charge is 0.275 e. The summed E-state index contributed by atoms with van der Waals surface area (Å²) in [6.45, 7) is 16.1. The number of rotatable bonds is 11. The molecule has 9 rings (SSSR count). The van der Waals surface area contributed by atoms with Gasteiger partial charge >= 0.3 is 0 Å². The van der Waals surface area contributed by atoms with Crippen LogP contribution in [-0.4, -0.2) is 90.5 Å². The van der Waals surface area contributed by atoms with Crippen molar-refractivity contribution in [1.82, 2.24) is 38.6 Å². The molecule has 7 aromatic rings. The Kier molecular flexibility index (Phi) is 10.5. The molecule has 1 amide bonds. The highest BCUT2D eigenvalue weighted by molar-refractivity contribution is 6.32. The minimum Gasteiger partial charge on any atom is -0.494 e. The standard InChI is InChI=1S/C46H51Cl2N9O3/c1-28-21-34(22-29(2)42(28)48)60-18-8-9-36-35-12-11-33(47)24-39(35)57-43(36)45(58)56(26-46(57,5)41-30(3)50-53(7)31(41)4)40-25-55(15-14-54-16-19-59-20-17-54)38-13-10-32(23-37(38)40)44-49-27-52(6)51-44/h10-13,21-25,27H,8-9,14-20,26H2,1-7H3/t46-/m0/s1. The van der Waals surface area contributed by atoms with E-state index >= 15 is 4.79 Å². The van der Waals surface area contributed by atoms with Gasteiger partial charge in [-0.1, -0.05) is 29.3 Å². The fourth-order valence-electron chi connectivity index (χ4n) is 9.63. The highest BCUT2D eigenvalue weighted by Gasteiger charge is 2.47. The van der Waals surface area contributed by atoms with Crippen LogP contribution in [0.2, 0.25) is 10.0 Å². The lowest BCUT2D eigenvalue weighted by Crippen LogP contribution is -2.53. The number of fused-ring (bicyclic) bond motifs is 4. The molecule has 60 heavy (non-hydrogen) atoms. The summed E-state index contributed by atoms with van der Waals surface area (Å²) in [5.74, 6) is 1.35. The van der Waals surface area contributed by atoms with Gasteiger partial charge in [0.2, 0.25) is 0 Å². The predicted octanol–water partition coefficient (Wildman–Crippen LogP) is 8.43. The Hall–Kier alpha value is -5.14. The molecule has 0 saturated carbocycles. The first-order valence-corrected chi connectivity index (χ1v) is 21.4. The molecule has 1 atom stereocenters. The zero-order valence-corrected chi connectivity index (χ0v) is 36.9. The maximum absolute atomic E-state index is 15.7. The molecule has 312 valence electrons. The minimum atomic E-state index is -0.732. The van der Waals surface area contributed by atoms with Crippen LogP contribution in [0.15, 0.2) is 61.1 Å². The summed E-state index contributed by atoms with van der Waals surface area (Å²) in [5.41, 5.74) is 9.59. The van der Waals surface area contributed by atoms with E-state index < -0.39 is 5.54 Å². The number of ether oxygens (including phenoxy) is 2. The van der Waals surface area contributed by atoms with E-state index in [-0.39, 0.29) is 5.91 Å². The number of aromatic nitrogens is 7. The van der Waals surface area contributed by atoms with E-state index in [0.717, 1.165) is 117 Å². The van der Waals surface area contributed by atoms with Crippen LogP contribution >= 0.6 is 23.2 Å². The van der Waals surface area contributed by atoms with Crippen molar-refractivity contribution in [3.05, 3.63) is 110 Å². The molecule has 0 N–H and O–H groups in total. The number of amides is 1. The third kappa shape index (κ3) is 6.97. The van der Waals surface area contributed by atoms with Gasteiger partial charge in [-0.3, -0.25) is 19.1 Å². The van der Waals surface area contributed by atoms with Crippen LogP contribution in [0.25, 0.3) is 33.2 Å². The number of carbonyl (C=O) groups excluding carboxylic acids is 1.